The number of allylic oxidation sites excluding steroid dienone is 3. The van der Waals surface area contributed by atoms with Crippen LogP contribution in [0.4, 0.5) is 0 Å². The van der Waals surface area contributed by atoms with Gasteiger partial charge in [-0.25, -0.2) is 0 Å². The van der Waals surface area contributed by atoms with Crippen LogP contribution >= 0.6 is 0 Å². The fourth-order valence-electron chi connectivity index (χ4n) is 6.81. The molecule has 0 aliphatic rings. The molecule has 0 bridgehead atoms. The molecular weight excluding hydrogens is 618 g/mol. The number of hydrogen-bond acceptors (Lipinski definition) is 4. The van der Waals surface area contributed by atoms with Crippen LogP contribution in [0.15, 0.2) is 24.3 Å². The lowest BCUT2D eigenvalue weighted by Gasteiger charge is -2.21. The molecule has 0 saturated heterocycles. The molecule has 3 unspecified atom stereocenters. The Bertz CT molecular complexity index is 739. The van der Waals surface area contributed by atoms with Crippen molar-refractivity contribution >= 4 is 5.91 Å². The van der Waals surface area contributed by atoms with Crippen molar-refractivity contribution in [2.75, 3.05) is 6.61 Å². The van der Waals surface area contributed by atoms with Gasteiger partial charge >= 0.3 is 0 Å². The molecule has 5 heteroatoms. The molecule has 0 aliphatic carbocycles. The zero-order valence-corrected chi connectivity index (χ0v) is 33.5. The van der Waals surface area contributed by atoms with Crippen LogP contribution < -0.4 is 5.32 Å². The van der Waals surface area contributed by atoms with Crippen LogP contribution in [0.1, 0.15) is 232 Å². The average molecular weight is 706 g/mol. The minimum absolute atomic E-state index is 0.0112. The number of nitrogens with one attached hydrogen (secondary N) is 1. The van der Waals surface area contributed by atoms with Gasteiger partial charge < -0.3 is 20.6 Å². The second-order valence-electron chi connectivity index (χ2n) is 15.3. The Balaban J connectivity index is 3.64. The quantitative estimate of drug-likeness (QED) is 0.0377. The Kier molecular flexibility index (Phi) is 39.6. The van der Waals surface area contributed by atoms with Gasteiger partial charge in [0.2, 0.25) is 5.91 Å². The smallest absolute Gasteiger partial charge is 0.222 e. The lowest BCUT2D eigenvalue weighted by atomic mass is 10.0. The van der Waals surface area contributed by atoms with E-state index < -0.39 is 18.2 Å². The van der Waals surface area contributed by atoms with Crippen molar-refractivity contribution in [1.82, 2.24) is 5.32 Å². The third kappa shape index (κ3) is 36.6. The van der Waals surface area contributed by atoms with Crippen LogP contribution in [0.5, 0.6) is 0 Å². The van der Waals surface area contributed by atoms with Gasteiger partial charge in [0, 0.05) is 0 Å². The molecule has 0 aromatic carbocycles. The molecule has 3 atom stereocenters. The topological polar surface area (TPSA) is 89.8 Å². The molecule has 0 heterocycles. The Morgan fingerprint density at radius 3 is 1.22 bits per heavy atom. The third-order valence-electron chi connectivity index (χ3n) is 10.2. The first kappa shape index (κ1) is 48.8. The van der Waals surface area contributed by atoms with Gasteiger partial charge in [-0.05, 0) is 44.9 Å². The largest absolute Gasteiger partial charge is 0.394 e. The van der Waals surface area contributed by atoms with E-state index in [1.165, 1.54) is 180 Å². The van der Waals surface area contributed by atoms with E-state index in [9.17, 15) is 20.1 Å². The van der Waals surface area contributed by atoms with E-state index in [1.54, 1.807) is 6.08 Å². The molecule has 0 spiro atoms. The summed E-state index contributed by atoms with van der Waals surface area (Å²) in [6, 6.07) is -0.743. The normalized spacial score (nSPS) is 13.8. The minimum Gasteiger partial charge on any atom is -0.394 e. The summed E-state index contributed by atoms with van der Waals surface area (Å²) in [7, 11) is 0. The second-order valence-corrected chi connectivity index (χ2v) is 15.3. The van der Waals surface area contributed by atoms with Crippen molar-refractivity contribution in [1.29, 1.82) is 0 Å². The zero-order chi connectivity index (χ0) is 36.6. The number of carbonyl (C=O) groups excluding carboxylic acids is 1. The Morgan fingerprint density at radius 1 is 0.500 bits per heavy atom. The summed E-state index contributed by atoms with van der Waals surface area (Å²) in [5.74, 6) is -0.318. The van der Waals surface area contributed by atoms with Crippen LogP contribution in [-0.2, 0) is 4.79 Å². The highest BCUT2D eigenvalue weighted by molar-refractivity contribution is 5.76. The first-order valence-electron chi connectivity index (χ1n) is 22.1. The number of carbonyl (C=O) groups is 1. The lowest BCUT2D eigenvalue weighted by Crippen LogP contribution is -2.45. The number of rotatable bonds is 40. The van der Waals surface area contributed by atoms with Gasteiger partial charge in [0.25, 0.3) is 0 Å². The highest BCUT2D eigenvalue weighted by Crippen LogP contribution is 2.15. The van der Waals surface area contributed by atoms with Crippen molar-refractivity contribution in [3.63, 3.8) is 0 Å². The van der Waals surface area contributed by atoms with E-state index in [2.05, 4.69) is 31.3 Å². The summed E-state index contributed by atoms with van der Waals surface area (Å²) in [4.78, 5) is 12.4. The molecule has 1 amide bonds. The third-order valence-corrected chi connectivity index (χ3v) is 10.2. The van der Waals surface area contributed by atoms with Gasteiger partial charge in [-0.1, -0.05) is 205 Å². The van der Waals surface area contributed by atoms with E-state index in [0.29, 0.717) is 6.42 Å². The van der Waals surface area contributed by atoms with Crippen LogP contribution in [-0.4, -0.2) is 46.1 Å². The summed E-state index contributed by atoms with van der Waals surface area (Å²) in [6.07, 6.45) is 48.9. The van der Waals surface area contributed by atoms with E-state index in [0.717, 1.165) is 25.7 Å². The summed E-state index contributed by atoms with van der Waals surface area (Å²) < 4.78 is 0. The standard InChI is InChI=1S/C45H87NO4/c1-3-5-7-9-11-13-15-17-18-19-20-21-22-23-24-25-27-28-30-32-34-36-38-42(48)40-45(50)46-43(41-47)44(49)39-37-35-33-31-29-26-16-14-12-10-8-6-4-2/h23-24,37,39,42-44,47-49H,3-22,25-36,38,40-41H2,1-2H3,(H,46,50)/b24-23-,39-37+. The van der Waals surface area contributed by atoms with Gasteiger partial charge in [-0.3, -0.25) is 4.79 Å². The first-order valence-corrected chi connectivity index (χ1v) is 22.1. The second kappa shape index (κ2) is 40.6. The summed E-state index contributed by atoms with van der Waals surface area (Å²) in [6.45, 7) is 4.21. The van der Waals surface area contributed by atoms with E-state index in [4.69, 9.17) is 0 Å². The minimum atomic E-state index is -0.927. The summed E-state index contributed by atoms with van der Waals surface area (Å²) in [5, 5.41) is 33.2. The number of hydrogen-bond donors (Lipinski definition) is 4. The Morgan fingerprint density at radius 2 is 0.840 bits per heavy atom. The van der Waals surface area contributed by atoms with Crippen LogP contribution in [0.3, 0.4) is 0 Å². The SMILES string of the molecule is CCCCCCCCCCCCC/C=C/C(O)C(CO)NC(=O)CC(O)CCCCCCCC/C=C\CCCCCCCCCCCCCC. The van der Waals surface area contributed by atoms with E-state index in [-0.39, 0.29) is 18.9 Å². The number of aliphatic hydroxyl groups excluding tert-OH is 3. The molecule has 5 nitrogen and oxygen atoms in total. The molecule has 0 aliphatic heterocycles. The maximum absolute atomic E-state index is 12.4. The van der Waals surface area contributed by atoms with Crippen LogP contribution in [0, 0.1) is 0 Å². The van der Waals surface area contributed by atoms with Gasteiger partial charge in [0.1, 0.15) is 0 Å². The predicted octanol–water partition coefficient (Wildman–Crippen LogP) is 12.6. The number of amides is 1. The Labute approximate surface area is 312 Å². The summed E-state index contributed by atoms with van der Waals surface area (Å²) >= 11 is 0. The number of aliphatic hydroxyl groups is 3. The van der Waals surface area contributed by atoms with Crippen molar-refractivity contribution in [3.05, 3.63) is 24.3 Å². The van der Waals surface area contributed by atoms with E-state index in [1.807, 2.05) is 6.08 Å². The molecule has 50 heavy (non-hydrogen) atoms. The van der Waals surface area contributed by atoms with Gasteiger partial charge in [-0.15, -0.1) is 0 Å². The van der Waals surface area contributed by atoms with Crippen molar-refractivity contribution in [3.8, 4) is 0 Å². The fourth-order valence-corrected chi connectivity index (χ4v) is 6.81. The van der Waals surface area contributed by atoms with Crippen LogP contribution in [0.2, 0.25) is 0 Å². The fraction of sp³-hybridized carbons (Fsp3) is 0.889. The van der Waals surface area contributed by atoms with Crippen molar-refractivity contribution in [2.24, 2.45) is 0 Å². The molecule has 4 N–H and O–H groups in total. The Hall–Kier alpha value is -1.17. The van der Waals surface area contributed by atoms with E-state index >= 15 is 0 Å². The van der Waals surface area contributed by atoms with Gasteiger partial charge in [0.15, 0.2) is 0 Å². The predicted molar refractivity (Wildman–Crippen MR) is 218 cm³/mol. The molecule has 0 fully saturated rings. The molecule has 0 radical (unpaired) electrons. The monoisotopic (exact) mass is 706 g/mol. The molecule has 296 valence electrons. The zero-order valence-electron chi connectivity index (χ0n) is 33.5. The van der Waals surface area contributed by atoms with Crippen LogP contribution in [0.25, 0.3) is 0 Å². The maximum atomic E-state index is 12.4. The van der Waals surface area contributed by atoms with Gasteiger partial charge in [-0.2, -0.15) is 0 Å². The lowest BCUT2D eigenvalue weighted by molar-refractivity contribution is -0.124. The van der Waals surface area contributed by atoms with Crippen molar-refractivity contribution < 1.29 is 20.1 Å². The molecule has 0 rings (SSSR count). The summed E-state index contributed by atoms with van der Waals surface area (Å²) in [5.41, 5.74) is 0. The van der Waals surface area contributed by atoms with Crippen molar-refractivity contribution in [2.45, 2.75) is 250 Å². The van der Waals surface area contributed by atoms with Gasteiger partial charge in [0.05, 0.1) is 31.3 Å². The first-order chi connectivity index (χ1) is 24.5. The highest BCUT2D eigenvalue weighted by atomic mass is 16.3. The molecule has 0 aromatic rings. The molecule has 0 aromatic heterocycles. The molecular formula is C45H87NO4. The molecule has 0 saturated carbocycles. The maximum Gasteiger partial charge on any atom is 0.222 e. The average Bonchev–Trinajstić information content (AvgIpc) is 3.11. The number of unbranched alkanes of at least 4 members (excludes halogenated alkanes) is 29. The highest BCUT2D eigenvalue weighted by Gasteiger charge is 2.20.